The number of halogens is 1. The number of aryl methyl sites for hydroxylation is 1. The van der Waals surface area contributed by atoms with Crippen LogP contribution in [0.15, 0.2) is 34.2 Å². The number of ether oxygens (including phenoxy) is 1. The minimum Gasteiger partial charge on any atom is -0.465 e. The highest BCUT2D eigenvalue weighted by Gasteiger charge is 2.25. The molecule has 1 aliphatic heterocycles. The number of hydrogen-bond donors (Lipinski definition) is 1. The SMILES string of the molecule is C=CCCCCCN(C)C(=NC)NCC(c1ccc(C)o1)N1CCOCC1.I. The van der Waals surface area contributed by atoms with Crippen LogP contribution in [0.5, 0.6) is 0 Å². The van der Waals surface area contributed by atoms with E-state index >= 15 is 0 Å². The highest BCUT2D eigenvalue weighted by molar-refractivity contribution is 14.0. The zero-order valence-electron chi connectivity index (χ0n) is 17.7. The van der Waals surface area contributed by atoms with Gasteiger partial charge in [0.05, 0.1) is 19.3 Å². The monoisotopic (exact) mass is 504 g/mol. The van der Waals surface area contributed by atoms with Crippen molar-refractivity contribution in [3.63, 3.8) is 0 Å². The Kier molecular flexibility index (Phi) is 12.5. The fourth-order valence-corrected chi connectivity index (χ4v) is 3.42. The lowest BCUT2D eigenvalue weighted by molar-refractivity contribution is 0.0123. The number of guanidine groups is 1. The first kappa shape index (κ1) is 25.0. The van der Waals surface area contributed by atoms with Crippen molar-refractivity contribution < 1.29 is 9.15 Å². The minimum absolute atomic E-state index is 0. The summed E-state index contributed by atoms with van der Waals surface area (Å²) < 4.78 is 11.5. The van der Waals surface area contributed by atoms with Gasteiger partial charge in [-0.25, -0.2) is 0 Å². The number of hydrogen-bond acceptors (Lipinski definition) is 4. The summed E-state index contributed by atoms with van der Waals surface area (Å²) in [7, 11) is 3.95. The molecule has 1 N–H and O–H groups in total. The molecule has 160 valence electrons. The van der Waals surface area contributed by atoms with Crippen LogP contribution in [0.25, 0.3) is 0 Å². The Labute approximate surface area is 187 Å². The Morgan fingerprint density at radius 2 is 2.07 bits per heavy atom. The molecule has 0 aliphatic carbocycles. The second-order valence-electron chi connectivity index (χ2n) is 7.10. The molecule has 1 aromatic rings. The minimum atomic E-state index is 0. The van der Waals surface area contributed by atoms with Gasteiger partial charge in [-0.2, -0.15) is 0 Å². The smallest absolute Gasteiger partial charge is 0.193 e. The van der Waals surface area contributed by atoms with Crippen LogP contribution < -0.4 is 5.32 Å². The number of rotatable bonds is 10. The van der Waals surface area contributed by atoms with Crippen molar-refractivity contribution in [1.82, 2.24) is 15.1 Å². The Balaban J connectivity index is 0.00000392. The molecule has 0 saturated carbocycles. The second-order valence-corrected chi connectivity index (χ2v) is 7.10. The van der Waals surface area contributed by atoms with E-state index in [0.29, 0.717) is 0 Å². The first-order valence-corrected chi connectivity index (χ1v) is 10.1. The largest absolute Gasteiger partial charge is 0.465 e. The summed E-state index contributed by atoms with van der Waals surface area (Å²) in [5, 5.41) is 3.54. The molecule has 1 aromatic heterocycles. The molecule has 1 unspecified atom stereocenters. The summed E-state index contributed by atoms with van der Waals surface area (Å²) >= 11 is 0. The van der Waals surface area contributed by atoms with E-state index in [9.17, 15) is 0 Å². The van der Waals surface area contributed by atoms with E-state index in [4.69, 9.17) is 9.15 Å². The van der Waals surface area contributed by atoms with Crippen LogP contribution in [0, 0.1) is 6.92 Å². The number of allylic oxidation sites excluding steroid dienone is 1. The highest BCUT2D eigenvalue weighted by Crippen LogP contribution is 2.23. The van der Waals surface area contributed by atoms with Gasteiger partial charge in [-0.15, -0.1) is 30.6 Å². The Bertz CT molecular complexity index is 585. The van der Waals surface area contributed by atoms with Crippen LogP contribution >= 0.6 is 24.0 Å². The van der Waals surface area contributed by atoms with Gasteiger partial charge in [-0.05, 0) is 38.3 Å². The molecule has 0 amide bonds. The third-order valence-electron chi connectivity index (χ3n) is 5.00. The van der Waals surface area contributed by atoms with Gasteiger partial charge in [0.25, 0.3) is 0 Å². The Hall–Kier alpha value is -1.06. The highest BCUT2D eigenvalue weighted by atomic mass is 127. The third kappa shape index (κ3) is 8.13. The number of unbranched alkanes of at least 4 members (excludes halogenated alkanes) is 3. The number of nitrogens with zero attached hydrogens (tertiary/aromatic N) is 3. The van der Waals surface area contributed by atoms with Crippen molar-refractivity contribution in [2.45, 2.75) is 38.6 Å². The van der Waals surface area contributed by atoms with Crippen LogP contribution in [0.1, 0.15) is 43.2 Å². The molecule has 1 aliphatic rings. The molecule has 1 saturated heterocycles. The van der Waals surface area contributed by atoms with Gasteiger partial charge in [0.2, 0.25) is 0 Å². The molecule has 2 heterocycles. The molecule has 0 bridgehead atoms. The Morgan fingerprint density at radius 1 is 1.32 bits per heavy atom. The first-order chi connectivity index (χ1) is 13.2. The van der Waals surface area contributed by atoms with Crippen molar-refractivity contribution in [1.29, 1.82) is 0 Å². The predicted octanol–water partition coefficient (Wildman–Crippen LogP) is 3.83. The standard InChI is InChI=1S/C21H36N4O2.HI/c1-5-6-7-8-9-12-24(4)21(22-3)23-17-19(20-11-10-18(2)27-20)25-13-15-26-16-14-25;/h5,10-11,19H,1,6-9,12-17H2,2-4H3,(H,22,23);1H. The quantitative estimate of drug-likeness (QED) is 0.173. The van der Waals surface area contributed by atoms with E-state index < -0.39 is 0 Å². The van der Waals surface area contributed by atoms with Crippen molar-refractivity contribution in [2.75, 3.05) is 53.5 Å². The molecule has 7 heteroatoms. The van der Waals surface area contributed by atoms with Gasteiger partial charge in [-0.3, -0.25) is 9.89 Å². The zero-order chi connectivity index (χ0) is 19.5. The van der Waals surface area contributed by atoms with E-state index in [1.165, 1.54) is 12.8 Å². The summed E-state index contributed by atoms with van der Waals surface area (Å²) in [6.07, 6.45) is 6.68. The van der Waals surface area contributed by atoms with Crippen LogP contribution in [0.4, 0.5) is 0 Å². The van der Waals surface area contributed by atoms with Crippen LogP contribution in [0.2, 0.25) is 0 Å². The molecule has 1 atom stereocenters. The summed E-state index contributed by atoms with van der Waals surface area (Å²) in [4.78, 5) is 9.09. The van der Waals surface area contributed by atoms with E-state index in [2.05, 4.69) is 39.8 Å². The van der Waals surface area contributed by atoms with Crippen LogP contribution in [0.3, 0.4) is 0 Å². The number of aliphatic imine (C=N–C) groups is 1. The molecule has 0 spiro atoms. The fraction of sp³-hybridized carbons (Fsp3) is 0.667. The predicted molar refractivity (Wildman–Crippen MR) is 127 cm³/mol. The van der Waals surface area contributed by atoms with E-state index in [-0.39, 0.29) is 30.0 Å². The van der Waals surface area contributed by atoms with Gasteiger partial charge >= 0.3 is 0 Å². The average Bonchev–Trinajstić information content (AvgIpc) is 3.11. The van der Waals surface area contributed by atoms with Crippen LogP contribution in [-0.4, -0.2) is 69.2 Å². The normalized spacial score (nSPS) is 16.3. The second kappa shape index (κ2) is 14.0. The van der Waals surface area contributed by atoms with Crippen LogP contribution in [-0.2, 0) is 4.74 Å². The number of morpholine rings is 1. The lowest BCUT2D eigenvalue weighted by Gasteiger charge is -2.34. The molecule has 0 radical (unpaired) electrons. The lowest BCUT2D eigenvalue weighted by atomic mass is 10.1. The summed E-state index contributed by atoms with van der Waals surface area (Å²) in [5.74, 6) is 2.88. The molecular formula is C21H37IN4O2. The maximum Gasteiger partial charge on any atom is 0.193 e. The van der Waals surface area contributed by atoms with Gasteiger partial charge in [0.15, 0.2) is 5.96 Å². The first-order valence-electron chi connectivity index (χ1n) is 10.1. The lowest BCUT2D eigenvalue weighted by Crippen LogP contribution is -2.46. The van der Waals surface area contributed by atoms with E-state index in [1.54, 1.807) is 0 Å². The third-order valence-corrected chi connectivity index (χ3v) is 5.00. The maximum atomic E-state index is 5.94. The summed E-state index contributed by atoms with van der Waals surface area (Å²) in [6.45, 7) is 10.9. The molecule has 2 rings (SSSR count). The van der Waals surface area contributed by atoms with Crippen molar-refractivity contribution in [3.8, 4) is 0 Å². The zero-order valence-corrected chi connectivity index (χ0v) is 20.0. The molecule has 6 nitrogen and oxygen atoms in total. The molecular weight excluding hydrogens is 467 g/mol. The van der Waals surface area contributed by atoms with E-state index in [0.717, 1.165) is 69.7 Å². The molecule has 0 aromatic carbocycles. The van der Waals surface area contributed by atoms with Gasteiger partial charge in [0, 0.05) is 40.3 Å². The number of nitrogens with one attached hydrogen (secondary N) is 1. The van der Waals surface area contributed by atoms with Crippen molar-refractivity contribution in [2.24, 2.45) is 4.99 Å². The van der Waals surface area contributed by atoms with Crippen molar-refractivity contribution in [3.05, 3.63) is 36.3 Å². The molecule has 1 fully saturated rings. The van der Waals surface area contributed by atoms with E-state index in [1.807, 2.05) is 26.1 Å². The van der Waals surface area contributed by atoms with Gasteiger partial charge in [0.1, 0.15) is 11.5 Å². The number of furan rings is 1. The summed E-state index contributed by atoms with van der Waals surface area (Å²) in [5.41, 5.74) is 0. The fourth-order valence-electron chi connectivity index (χ4n) is 3.42. The topological polar surface area (TPSA) is 53.2 Å². The maximum absolute atomic E-state index is 5.94. The Morgan fingerprint density at radius 3 is 2.68 bits per heavy atom. The van der Waals surface area contributed by atoms with Gasteiger partial charge in [-0.1, -0.05) is 12.5 Å². The average molecular weight is 504 g/mol. The molecule has 28 heavy (non-hydrogen) atoms. The van der Waals surface area contributed by atoms with Crippen molar-refractivity contribution >= 4 is 29.9 Å². The van der Waals surface area contributed by atoms with Gasteiger partial charge < -0.3 is 19.4 Å². The summed E-state index contributed by atoms with van der Waals surface area (Å²) in [6, 6.07) is 4.30.